The van der Waals surface area contributed by atoms with Crippen LogP contribution in [0.4, 0.5) is 16.2 Å². The van der Waals surface area contributed by atoms with Gasteiger partial charge in [0.2, 0.25) is 0 Å². The quantitative estimate of drug-likeness (QED) is 0.673. The first kappa shape index (κ1) is 16.9. The molecule has 3 rings (SSSR count). The Morgan fingerprint density at radius 2 is 2.08 bits per heavy atom. The molecule has 9 heteroatoms. The van der Waals surface area contributed by atoms with Gasteiger partial charge in [0.15, 0.2) is 0 Å². The molecule has 9 nitrogen and oxygen atoms in total. The van der Waals surface area contributed by atoms with Crippen LogP contribution in [0.15, 0.2) is 35.1 Å². The smallest absolute Gasteiger partial charge is 0.321 e. The number of hydrogen-bond donors (Lipinski definition) is 1. The van der Waals surface area contributed by atoms with Gasteiger partial charge >= 0.3 is 6.03 Å². The van der Waals surface area contributed by atoms with E-state index < -0.39 is 4.92 Å². The van der Waals surface area contributed by atoms with Crippen LogP contribution in [0, 0.1) is 17.0 Å². The molecule has 1 aliphatic heterocycles. The van der Waals surface area contributed by atoms with Crippen molar-refractivity contribution >= 4 is 17.4 Å². The van der Waals surface area contributed by atoms with E-state index in [4.69, 9.17) is 4.52 Å². The predicted molar refractivity (Wildman–Crippen MR) is 90.2 cm³/mol. The van der Waals surface area contributed by atoms with E-state index in [2.05, 4.69) is 15.4 Å². The average Bonchev–Trinajstić information content (AvgIpc) is 3.10. The fourth-order valence-corrected chi connectivity index (χ4v) is 2.71. The first-order chi connectivity index (χ1) is 12.0. The molecule has 0 atom stereocenters. The molecule has 1 aromatic heterocycles. The molecule has 0 spiro atoms. The van der Waals surface area contributed by atoms with Gasteiger partial charge in [-0.1, -0.05) is 11.2 Å². The minimum Gasteiger partial charge on any atom is -0.364 e. The molecule has 1 aromatic carbocycles. The Kier molecular flexibility index (Phi) is 4.94. The largest absolute Gasteiger partial charge is 0.364 e. The number of aromatic nitrogens is 1. The summed E-state index contributed by atoms with van der Waals surface area (Å²) in [6.45, 7) is 5.11. The van der Waals surface area contributed by atoms with Gasteiger partial charge in [-0.2, -0.15) is 0 Å². The van der Waals surface area contributed by atoms with Crippen LogP contribution in [0.2, 0.25) is 0 Å². The summed E-state index contributed by atoms with van der Waals surface area (Å²) in [5, 5.41) is 17.5. The fraction of sp³-hybridized carbons (Fsp3) is 0.375. The summed E-state index contributed by atoms with van der Waals surface area (Å²) in [7, 11) is 0. The molecular formula is C16H19N5O4. The first-order valence-electron chi connectivity index (χ1n) is 7.95. The maximum atomic E-state index is 12.4. The van der Waals surface area contributed by atoms with Gasteiger partial charge < -0.3 is 14.7 Å². The standard InChI is InChI=1S/C16H19N5O4/c1-12-2-3-14(21(23)24)10-15(12)17-16(22)20-7-5-19(6-8-20)11-13-4-9-25-18-13/h2-4,9-10H,5-8,11H2,1H3,(H,17,22). The van der Waals surface area contributed by atoms with Gasteiger partial charge in [0.05, 0.1) is 16.3 Å². The van der Waals surface area contributed by atoms with Crippen LogP contribution in [0.1, 0.15) is 11.3 Å². The lowest BCUT2D eigenvalue weighted by Gasteiger charge is -2.34. The van der Waals surface area contributed by atoms with Crippen LogP contribution in [0.5, 0.6) is 0 Å². The van der Waals surface area contributed by atoms with Crippen LogP contribution < -0.4 is 5.32 Å². The van der Waals surface area contributed by atoms with Crippen LogP contribution in [0.3, 0.4) is 0 Å². The Hall–Kier alpha value is -2.94. The van der Waals surface area contributed by atoms with Crippen molar-refractivity contribution in [3.63, 3.8) is 0 Å². The van der Waals surface area contributed by atoms with Crippen molar-refractivity contribution in [2.24, 2.45) is 0 Å². The van der Waals surface area contributed by atoms with Crippen LogP contribution in [0.25, 0.3) is 0 Å². The minimum absolute atomic E-state index is 0.0432. The summed E-state index contributed by atoms with van der Waals surface area (Å²) in [6.07, 6.45) is 1.54. The topological polar surface area (TPSA) is 105 Å². The number of nitrogens with zero attached hydrogens (tertiary/aromatic N) is 4. The molecule has 0 radical (unpaired) electrons. The van der Waals surface area contributed by atoms with Crippen molar-refractivity contribution in [2.75, 3.05) is 31.5 Å². The van der Waals surface area contributed by atoms with Crippen molar-refractivity contribution in [3.8, 4) is 0 Å². The second-order valence-corrected chi connectivity index (χ2v) is 5.94. The zero-order chi connectivity index (χ0) is 17.8. The molecule has 1 aliphatic rings. The normalized spacial score (nSPS) is 15.2. The third-order valence-corrected chi connectivity index (χ3v) is 4.21. The van der Waals surface area contributed by atoms with E-state index in [0.717, 1.165) is 24.3 Å². The summed E-state index contributed by atoms with van der Waals surface area (Å²) in [6, 6.07) is 6.01. The molecule has 1 N–H and O–H groups in total. The molecule has 132 valence electrons. The van der Waals surface area contributed by atoms with E-state index in [1.54, 1.807) is 24.2 Å². The van der Waals surface area contributed by atoms with Gasteiger partial charge in [-0.15, -0.1) is 0 Å². The number of urea groups is 1. The number of non-ortho nitro benzene ring substituents is 1. The summed E-state index contributed by atoms with van der Waals surface area (Å²) in [5.41, 5.74) is 2.07. The molecule has 1 saturated heterocycles. The SMILES string of the molecule is Cc1ccc([N+](=O)[O-])cc1NC(=O)N1CCN(Cc2ccon2)CC1. The van der Waals surface area contributed by atoms with E-state index >= 15 is 0 Å². The number of rotatable bonds is 4. The summed E-state index contributed by atoms with van der Waals surface area (Å²) in [5.74, 6) is 0. The fourth-order valence-electron chi connectivity index (χ4n) is 2.71. The molecule has 0 aliphatic carbocycles. The molecule has 0 bridgehead atoms. The van der Waals surface area contributed by atoms with E-state index in [0.29, 0.717) is 25.3 Å². The lowest BCUT2D eigenvalue weighted by molar-refractivity contribution is -0.384. The van der Waals surface area contributed by atoms with E-state index in [9.17, 15) is 14.9 Å². The van der Waals surface area contributed by atoms with Crippen molar-refractivity contribution in [1.29, 1.82) is 0 Å². The number of nitrogens with one attached hydrogen (secondary N) is 1. The van der Waals surface area contributed by atoms with Gasteiger partial charge in [0.25, 0.3) is 5.69 Å². The molecule has 2 heterocycles. The molecule has 0 saturated carbocycles. The van der Waals surface area contributed by atoms with Gasteiger partial charge in [0.1, 0.15) is 6.26 Å². The number of carbonyl (C=O) groups is 1. The summed E-state index contributed by atoms with van der Waals surface area (Å²) in [4.78, 5) is 26.7. The zero-order valence-electron chi connectivity index (χ0n) is 13.8. The molecule has 0 unspecified atom stereocenters. The van der Waals surface area contributed by atoms with Crippen molar-refractivity contribution < 1.29 is 14.2 Å². The third kappa shape index (κ3) is 4.13. The molecule has 2 amide bonds. The van der Waals surface area contributed by atoms with E-state index in [1.165, 1.54) is 12.1 Å². The van der Waals surface area contributed by atoms with Gasteiger partial charge in [-0.3, -0.25) is 15.0 Å². The van der Waals surface area contributed by atoms with Gasteiger partial charge in [-0.25, -0.2) is 4.79 Å². The number of piperazine rings is 1. The number of benzene rings is 1. The van der Waals surface area contributed by atoms with Crippen LogP contribution in [-0.2, 0) is 6.54 Å². The highest BCUT2D eigenvalue weighted by Crippen LogP contribution is 2.22. The maximum Gasteiger partial charge on any atom is 0.321 e. The summed E-state index contributed by atoms with van der Waals surface area (Å²) < 4.78 is 4.82. The molecule has 1 fully saturated rings. The number of carbonyl (C=O) groups excluding carboxylic acids is 1. The molecule has 25 heavy (non-hydrogen) atoms. The molecule has 2 aromatic rings. The monoisotopic (exact) mass is 345 g/mol. The number of aryl methyl sites for hydroxylation is 1. The number of hydrogen-bond acceptors (Lipinski definition) is 6. The van der Waals surface area contributed by atoms with Crippen molar-refractivity contribution in [2.45, 2.75) is 13.5 Å². The Labute approximate surface area is 144 Å². The van der Waals surface area contributed by atoms with Crippen LogP contribution in [-0.4, -0.2) is 52.1 Å². The third-order valence-electron chi connectivity index (χ3n) is 4.21. The number of anilines is 1. The Morgan fingerprint density at radius 1 is 1.32 bits per heavy atom. The Bertz CT molecular complexity index is 754. The van der Waals surface area contributed by atoms with E-state index in [1.807, 2.05) is 6.07 Å². The average molecular weight is 345 g/mol. The van der Waals surface area contributed by atoms with Crippen molar-refractivity contribution in [1.82, 2.24) is 15.0 Å². The number of amides is 2. The Balaban J connectivity index is 1.56. The lowest BCUT2D eigenvalue weighted by Crippen LogP contribution is -2.49. The Morgan fingerprint density at radius 3 is 2.72 bits per heavy atom. The van der Waals surface area contributed by atoms with Crippen LogP contribution >= 0.6 is 0 Å². The highest BCUT2D eigenvalue weighted by Gasteiger charge is 2.22. The number of nitro benzene ring substituents is 1. The lowest BCUT2D eigenvalue weighted by atomic mass is 10.2. The first-order valence-corrected chi connectivity index (χ1v) is 7.95. The summed E-state index contributed by atoms with van der Waals surface area (Å²) >= 11 is 0. The zero-order valence-corrected chi connectivity index (χ0v) is 13.8. The van der Waals surface area contributed by atoms with Gasteiger partial charge in [0, 0.05) is 50.9 Å². The highest BCUT2D eigenvalue weighted by atomic mass is 16.6. The van der Waals surface area contributed by atoms with E-state index in [-0.39, 0.29) is 11.7 Å². The minimum atomic E-state index is -0.474. The molecular weight excluding hydrogens is 326 g/mol. The predicted octanol–water partition coefficient (Wildman–Crippen LogP) is 2.24. The highest BCUT2D eigenvalue weighted by molar-refractivity contribution is 5.90. The maximum absolute atomic E-state index is 12.4. The van der Waals surface area contributed by atoms with Gasteiger partial charge in [-0.05, 0) is 12.5 Å². The second-order valence-electron chi connectivity index (χ2n) is 5.94. The van der Waals surface area contributed by atoms with Crippen molar-refractivity contribution in [3.05, 3.63) is 51.9 Å². The number of nitro groups is 1. The second kappa shape index (κ2) is 7.31.